The van der Waals surface area contributed by atoms with E-state index in [2.05, 4.69) is 15.0 Å². The largest absolute Gasteiger partial charge is 0.484 e. The molecule has 1 heterocycles. The molecule has 0 saturated carbocycles. The van der Waals surface area contributed by atoms with Gasteiger partial charge in [-0.1, -0.05) is 11.6 Å². The molecule has 0 spiro atoms. The molecule has 2 aromatic rings. The number of hydrogen-bond acceptors (Lipinski definition) is 4. The van der Waals surface area contributed by atoms with Gasteiger partial charge in [0.15, 0.2) is 13.2 Å². The first-order valence-corrected chi connectivity index (χ1v) is 7.94. The van der Waals surface area contributed by atoms with E-state index in [-0.39, 0.29) is 18.3 Å². The number of benzene rings is 1. The number of hydrogen-bond donors (Lipinski definition) is 1. The number of rotatable bonds is 7. The summed E-state index contributed by atoms with van der Waals surface area (Å²) in [7, 11) is 0. The fourth-order valence-corrected chi connectivity index (χ4v) is 2.06. The fourth-order valence-electron chi connectivity index (χ4n) is 1.94. The summed E-state index contributed by atoms with van der Waals surface area (Å²) >= 11 is 5.76. The molecule has 0 saturated heterocycles. The Morgan fingerprint density at radius 2 is 1.81 bits per heavy atom. The van der Waals surface area contributed by atoms with Crippen molar-refractivity contribution in [2.75, 3.05) is 13.2 Å². The van der Waals surface area contributed by atoms with Gasteiger partial charge in [0, 0.05) is 5.02 Å². The van der Waals surface area contributed by atoms with Crippen LogP contribution < -0.4 is 14.8 Å². The number of carbonyl (C=O) groups is 1. The first-order chi connectivity index (χ1) is 12.2. The summed E-state index contributed by atoms with van der Waals surface area (Å²) in [5, 5.41) is 3.24. The lowest BCUT2D eigenvalue weighted by atomic mass is 10.2. The van der Waals surface area contributed by atoms with Crippen LogP contribution in [0.1, 0.15) is 18.7 Å². The van der Waals surface area contributed by atoms with Gasteiger partial charge < -0.3 is 14.8 Å². The topological polar surface area (TPSA) is 60.5 Å². The molecule has 0 aliphatic carbocycles. The molecule has 1 aromatic carbocycles. The lowest BCUT2D eigenvalue weighted by Gasteiger charge is -2.15. The van der Waals surface area contributed by atoms with Crippen molar-refractivity contribution in [2.24, 2.45) is 0 Å². The molecule has 2 rings (SSSR count). The summed E-state index contributed by atoms with van der Waals surface area (Å²) in [6.45, 7) is 0.111. The zero-order chi connectivity index (χ0) is 19.2. The summed E-state index contributed by atoms with van der Waals surface area (Å²) in [5.74, 6) is 0.129. The van der Waals surface area contributed by atoms with E-state index < -0.39 is 18.8 Å². The zero-order valence-electron chi connectivity index (χ0n) is 13.7. The summed E-state index contributed by atoms with van der Waals surface area (Å²) in [6, 6.07) is 8.96. The molecule has 1 amide bonds. The third-order valence-corrected chi connectivity index (χ3v) is 3.42. The Labute approximate surface area is 153 Å². The van der Waals surface area contributed by atoms with Gasteiger partial charge in [0.1, 0.15) is 11.5 Å². The number of carbonyl (C=O) groups excluding carboxylic acids is 1. The van der Waals surface area contributed by atoms with Gasteiger partial charge in [-0.2, -0.15) is 13.2 Å². The van der Waals surface area contributed by atoms with E-state index in [1.807, 2.05) is 0 Å². The Bertz CT molecular complexity index is 722. The average molecular weight is 389 g/mol. The van der Waals surface area contributed by atoms with Crippen LogP contribution in [0, 0.1) is 0 Å². The normalized spacial score (nSPS) is 12.3. The molecule has 26 heavy (non-hydrogen) atoms. The van der Waals surface area contributed by atoms with Crippen LogP contribution in [0.2, 0.25) is 5.02 Å². The number of nitrogens with one attached hydrogen (secondary N) is 1. The van der Waals surface area contributed by atoms with Crippen LogP contribution in [-0.4, -0.2) is 30.3 Å². The first-order valence-electron chi connectivity index (χ1n) is 7.56. The SMILES string of the molecule is C[C@@H](NC(=O)COc1ccc(Cl)cc1)c1ccc(OCC(F)(F)F)cn1. The molecule has 0 aliphatic heterocycles. The second-order valence-corrected chi connectivity index (χ2v) is 5.79. The number of halogens is 4. The van der Waals surface area contributed by atoms with Crippen molar-refractivity contribution in [1.82, 2.24) is 10.3 Å². The van der Waals surface area contributed by atoms with Gasteiger partial charge in [-0.05, 0) is 43.3 Å². The summed E-state index contributed by atoms with van der Waals surface area (Å²) in [5.41, 5.74) is 0.476. The second-order valence-electron chi connectivity index (χ2n) is 5.35. The molecule has 1 atom stereocenters. The summed E-state index contributed by atoms with van der Waals surface area (Å²) < 4.78 is 46.2. The Morgan fingerprint density at radius 3 is 2.38 bits per heavy atom. The third kappa shape index (κ3) is 6.79. The van der Waals surface area contributed by atoms with Crippen LogP contribution in [0.4, 0.5) is 13.2 Å². The highest BCUT2D eigenvalue weighted by Gasteiger charge is 2.28. The smallest absolute Gasteiger partial charge is 0.422 e. The minimum Gasteiger partial charge on any atom is -0.484 e. The average Bonchev–Trinajstić information content (AvgIpc) is 2.59. The minimum atomic E-state index is -4.41. The van der Waals surface area contributed by atoms with Crippen molar-refractivity contribution in [2.45, 2.75) is 19.1 Å². The number of alkyl halides is 3. The molecule has 9 heteroatoms. The molecule has 0 fully saturated rings. The zero-order valence-corrected chi connectivity index (χ0v) is 14.5. The summed E-state index contributed by atoms with van der Waals surface area (Å²) in [6.07, 6.45) is -3.24. The maximum Gasteiger partial charge on any atom is 0.422 e. The molecule has 0 unspecified atom stereocenters. The van der Waals surface area contributed by atoms with Gasteiger partial charge in [-0.25, -0.2) is 0 Å². The van der Waals surface area contributed by atoms with Crippen molar-refractivity contribution in [3.63, 3.8) is 0 Å². The highest BCUT2D eigenvalue weighted by atomic mass is 35.5. The van der Waals surface area contributed by atoms with Gasteiger partial charge in [0.25, 0.3) is 5.91 Å². The Kier molecular flexibility index (Phi) is 6.68. The highest BCUT2D eigenvalue weighted by molar-refractivity contribution is 6.30. The molecule has 0 bridgehead atoms. The maximum absolute atomic E-state index is 12.1. The van der Waals surface area contributed by atoms with Crippen LogP contribution in [0.25, 0.3) is 0 Å². The molecule has 140 valence electrons. The monoisotopic (exact) mass is 388 g/mol. The van der Waals surface area contributed by atoms with Gasteiger partial charge in [0.05, 0.1) is 17.9 Å². The van der Waals surface area contributed by atoms with Crippen molar-refractivity contribution >= 4 is 17.5 Å². The van der Waals surface area contributed by atoms with Crippen molar-refractivity contribution in [1.29, 1.82) is 0 Å². The lowest BCUT2D eigenvalue weighted by Crippen LogP contribution is -2.31. The van der Waals surface area contributed by atoms with Gasteiger partial charge in [0.2, 0.25) is 0 Å². The fraction of sp³-hybridized carbons (Fsp3) is 0.294. The predicted molar refractivity (Wildman–Crippen MR) is 89.3 cm³/mol. The van der Waals surface area contributed by atoms with Crippen molar-refractivity contribution < 1.29 is 27.4 Å². The van der Waals surface area contributed by atoms with Crippen LogP contribution in [0.5, 0.6) is 11.5 Å². The van der Waals surface area contributed by atoms with E-state index in [0.717, 1.165) is 0 Å². The van der Waals surface area contributed by atoms with Crippen molar-refractivity contribution in [3.8, 4) is 11.5 Å². The number of aromatic nitrogens is 1. The maximum atomic E-state index is 12.1. The molecule has 0 aliphatic rings. The third-order valence-electron chi connectivity index (χ3n) is 3.17. The van der Waals surface area contributed by atoms with Gasteiger partial charge in [-0.15, -0.1) is 0 Å². The van der Waals surface area contributed by atoms with E-state index in [1.165, 1.54) is 18.3 Å². The number of ether oxygens (including phenoxy) is 2. The summed E-state index contributed by atoms with van der Waals surface area (Å²) in [4.78, 5) is 15.9. The van der Waals surface area contributed by atoms with Crippen LogP contribution in [0.15, 0.2) is 42.6 Å². The minimum absolute atomic E-state index is 0.00401. The van der Waals surface area contributed by atoms with Crippen LogP contribution >= 0.6 is 11.6 Å². The van der Waals surface area contributed by atoms with E-state index in [4.69, 9.17) is 16.3 Å². The molecule has 1 N–H and O–H groups in total. The van der Waals surface area contributed by atoms with Crippen molar-refractivity contribution in [3.05, 3.63) is 53.3 Å². The van der Waals surface area contributed by atoms with E-state index in [9.17, 15) is 18.0 Å². The Hall–Kier alpha value is -2.48. The quantitative estimate of drug-likeness (QED) is 0.780. The van der Waals surface area contributed by atoms with E-state index in [0.29, 0.717) is 16.5 Å². The van der Waals surface area contributed by atoms with E-state index in [1.54, 1.807) is 31.2 Å². The molecule has 1 aromatic heterocycles. The lowest BCUT2D eigenvalue weighted by molar-refractivity contribution is -0.153. The van der Waals surface area contributed by atoms with Crippen LogP contribution in [-0.2, 0) is 4.79 Å². The molecule has 5 nitrogen and oxygen atoms in total. The standard InChI is InChI=1S/C17H16ClF3N2O3/c1-11(15-7-6-14(8-22-15)26-10-17(19,20)21)23-16(24)9-25-13-4-2-12(18)3-5-13/h2-8,11H,9-10H2,1H3,(H,23,24)/t11-/m1/s1. The molecular weight excluding hydrogens is 373 g/mol. The first kappa shape index (κ1) is 19.8. The highest BCUT2D eigenvalue weighted by Crippen LogP contribution is 2.19. The predicted octanol–water partition coefficient (Wildman–Crippen LogP) is 3.93. The molecule has 0 radical (unpaired) electrons. The van der Waals surface area contributed by atoms with Gasteiger partial charge in [-0.3, -0.25) is 9.78 Å². The van der Waals surface area contributed by atoms with Gasteiger partial charge >= 0.3 is 6.18 Å². The second kappa shape index (κ2) is 8.75. The Balaban J connectivity index is 1.81. The molecular formula is C17H16ClF3N2O3. The number of amides is 1. The number of nitrogens with zero attached hydrogens (tertiary/aromatic N) is 1. The number of pyridine rings is 1. The Morgan fingerprint density at radius 1 is 1.15 bits per heavy atom. The van der Waals surface area contributed by atoms with E-state index >= 15 is 0 Å². The van der Waals surface area contributed by atoms with Crippen LogP contribution in [0.3, 0.4) is 0 Å².